The molecule has 0 aliphatic rings. The zero-order valence-electron chi connectivity index (χ0n) is 47.5. The molecule has 0 spiro atoms. The minimum atomic E-state index is -0.792. The molecule has 0 radical (unpaired) electrons. The van der Waals surface area contributed by atoms with E-state index in [9.17, 15) is 14.4 Å². The summed E-state index contributed by atoms with van der Waals surface area (Å²) in [6.07, 6.45) is 74.0. The van der Waals surface area contributed by atoms with Crippen LogP contribution in [0.5, 0.6) is 0 Å². The molecule has 71 heavy (non-hydrogen) atoms. The molecule has 0 aliphatic carbocycles. The van der Waals surface area contributed by atoms with Crippen molar-refractivity contribution in [1.29, 1.82) is 0 Å². The first-order valence-electron chi connectivity index (χ1n) is 31.1. The quantitative estimate of drug-likeness (QED) is 0.0261. The van der Waals surface area contributed by atoms with Crippen LogP contribution in [0.15, 0.2) is 48.6 Å². The van der Waals surface area contributed by atoms with Crippen LogP contribution in [0.4, 0.5) is 0 Å². The number of carbonyl (C=O) groups excluding carboxylic acids is 3. The molecule has 6 nitrogen and oxygen atoms in total. The van der Waals surface area contributed by atoms with Gasteiger partial charge in [0.15, 0.2) is 6.10 Å². The van der Waals surface area contributed by atoms with Gasteiger partial charge in [-0.25, -0.2) is 0 Å². The average Bonchev–Trinajstić information content (AvgIpc) is 3.37. The molecule has 0 aromatic rings. The topological polar surface area (TPSA) is 78.9 Å². The lowest BCUT2D eigenvalue weighted by Gasteiger charge is -2.18. The van der Waals surface area contributed by atoms with Crippen molar-refractivity contribution in [1.82, 2.24) is 0 Å². The Kier molecular flexibility index (Phi) is 57.7. The minimum absolute atomic E-state index is 0.0851. The van der Waals surface area contributed by atoms with Gasteiger partial charge in [0.25, 0.3) is 0 Å². The van der Waals surface area contributed by atoms with E-state index in [-0.39, 0.29) is 37.5 Å². The summed E-state index contributed by atoms with van der Waals surface area (Å²) in [5.41, 5.74) is 0. The zero-order valence-corrected chi connectivity index (χ0v) is 47.5. The minimum Gasteiger partial charge on any atom is -0.462 e. The molecular weight excluding hydrogens is 877 g/mol. The first-order chi connectivity index (χ1) is 35.0. The van der Waals surface area contributed by atoms with Crippen molar-refractivity contribution in [3.8, 4) is 0 Å². The summed E-state index contributed by atoms with van der Waals surface area (Å²) in [5, 5.41) is 0. The van der Waals surface area contributed by atoms with Crippen LogP contribution in [-0.2, 0) is 28.6 Å². The molecule has 0 saturated carbocycles. The average molecular weight is 996 g/mol. The maximum absolute atomic E-state index is 12.9. The van der Waals surface area contributed by atoms with Crippen LogP contribution in [0.1, 0.15) is 329 Å². The van der Waals surface area contributed by atoms with Gasteiger partial charge in [-0.05, 0) is 57.8 Å². The van der Waals surface area contributed by atoms with Crippen LogP contribution in [-0.4, -0.2) is 37.2 Å². The van der Waals surface area contributed by atoms with Crippen molar-refractivity contribution in [2.24, 2.45) is 0 Å². The summed E-state index contributed by atoms with van der Waals surface area (Å²) in [5.74, 6) is -0.922. The summed E-state index contributed by atoms with van der Waals surface area (Å²) in [6.45, 7) is 6.62. The van der Waals surface area contributed by atoms with Gasteiger partial charge in [-0.2, -0.15) is 0 Å². The third-order valence-electron chi connectivity index (χ3n) is 13.8. The van der Waals surface area contributed by atoms with E-state index >= 15 is 0 Å². The number of carbonyl (C=O) groups is 3. The maximum atomic E-state index is 12.9. The van der Waals surface area contributed by atoms with Crippen molar-refractivity contribution >= 4 is 17.9 Å². The Morgan fingerprint density at radius 2 is 0.521 bits per heavy atom. The fraction of sp³-hybridized carbons (Fsp3) is 0.831. The van der Waals surface area contributed by atoms with Crippen molar-refractivity contribution < 1.29 is 28.6 Å². The second-order valence-electron chi connectivity index (χ2n) is 21.0. The highest BCUT2D eigenvalue weighted by molar-refractivity contribution is 5.71. The molecular formula is C65H118O6. The molecule has 0 aliphatic heterocycles. The largest absolute Gasteiger partial charge is 0.462 e. The van der Waals surface area contributed by atoms with E-state index in [1.165, 1.54) is 218 Å². The first kappa shape index (κ1) is 68.4. The lowest BCUT2D eigenvalue weighted by Crippen LogP contribution is -2.30. The first-order valence-corrected chi connectivity index (χ1v) is 31.1. The van der Waals surface area contributed by atoms with E-state index in [4.69, 9.17) is 14.2 Å². The highest BCUT2D eigenvalue weighted by Crippen LogP contribution is 2.17. The summed E-state index contributed by atoms with van der Waals surface area (Å²) in [4.78, 5) is 38.2. The molecule has 414 valence electrons. The van der Waals surface area contributed by atoms with Crippen molar-refractivity contribution in [2.45, 2.75) is 335 Å². The Bertz CT molecular complexity index is 1230. The Balaban J connectivity index is 4.40. The third kappa shape index (κ3) is 58.1. The molecule has 0 amide bonds. The van der Waals surface area contributed by atoms with Gasteiger partial charge in [0.05, 0.1) is 0 Å². The van der Waals surface area contributed by atoms with Gasteiger partial charge >= 0.3 is 17.9 Å². The molecule has 0 heterocycles. The van der Waals surface area contributed by atoms with Gasteiger partial charge in [-0.3, -0.25) is 14.4 Å². The SMILES string of the molecule is CCCCC/C=C\C/C=C\C/C=C\C/C=C\CCCC(=O)OCC(COC(=O)CCCCCCCCCCCCCCCCCCCC)OC(=O)CCCCCCCCCCCCCCCCCCCC. The van der Waals surface area contributed by atoms with Crippen LogP contribution in [0.3, 0.4) is 0 Å². The van der Waals surface area contributed by atoms with Gasteiger partial charge in [0, 0.05) is 19.3 Å². The molecule has 6 heteroatoms. The maximum Gasteiger partial charge on any atom is 0.306 e. The monoisotopic (exact) mass is 995 g/mol. The number of allylic oxidation sites excluding steroid dienone is 8. The van der Waals surface area contributed by atoms with Crippen LogP contribution in [0, 0.1) is 0 Å². The van der Waals surface area contributed by atoms with Crippen molar-refractivity contribution in [3.63, 3.8) is 0 Å². The molecule has 0 fully saturated rings. The van der Waals surface area contributed by atoms with Crippen LogP contribution in [0.2, 0.25) is 0 Å². The van der Waals surface area contributed by atoms with E-state index in [1.54, 1.807) is 0 Å². The number of esters is 3. The fourth-order valence-electron chi connectivity index (χ4n) is 9.14. The van der Waals surface area contributed by atoms with E-state index < -0.39 is 6.10 Å². The highest BCUT2D eigenvalue weighted by atomic mass is 16.6. The molecule has 0 aromatic carbocycles. The van der Waals surface area contributed by atoms with Crippen molar-refractivity contribution in [3.05, 3.63) is 48.6 Å². The molecule has 0 N–H and O–H groups in total. The van der Waals surface area contributed by atoms with Gasteiger partial charge in [-0.1, -0.05) is 301 Å². The number of hydrogen-bond donors (Lipinski definition) is 0. The molecule has 1 unspecified atom stereocenters. The van der Waals surface area contributed by atoms with Gasteiger partial charge in [0.1, 0.15) is 13.2 Å². The van der Waals surface area contributed by atoms with Gasteiger partial charge in [-0.15, -0.1) is 0 Å². The normalized spacial score (nSPS) is 12.3. The summed E-state index contributed by atoms with van der Waals surface area (Å²) < 4.78 is 16.9. The molecule has 0 rings (SSSR count). The van der Waals surface area contributed by atoms with Crippen molar-refractivity contribution in [2.75, 3.05) is 13.2 Å². The van der Waals surface area contributed by atoms with Crippen LogP contribution < -0.4 is 0 Å². The number of hydrogen-bond acceptors (Lipinski definition) is 6. The second kappa shape index (κ2) is 59.9. The molecule has 1 atom stereocenters. The molecule has 0 bridgehead atoms. The van der Waals surface area contributed by atoms with Crippen LogP contribution in [0.25, 0.3) is 0 Å². The Labute approximate surface area is 441 Å². The Morgan fingerprint density at radius 1 is 0.282 bits per heavy atom. The Morgan fingerprint density at radius 3 is 0.845 bits per heavy atom. The zero-order chi connectivity index (χ0) is 51.4. The van der Waals surface area contributed by atoms with Crippen LogP contribution >= 0.6 is 0 Å². The molecule has 0 saturated heterocycles. The predicted molar refractivity (Wildman–Crippen MR) is 307 cm³/mol. The van der Waals surface area contributed by atoms with E-state index in [0.717, 1.165) is 64.2 Å². The lowest BCUT2D eigenvalue weighted by molar-refractivity contribution is -0.167. The lowest BCUT2D eigenvalue weighted by atomic mass is 10.0. The summed E-state index contributed by atoms with van der Waals surface area (Å²) >= 11 is 0. The predicted octanol–water partition coefficient (Wildman–Crippen LogP) is 21.0. The van der Waals surface area contributed by atoms with Gasteiger partial charge in [0.2, 0.25) is 0 Å². The third-order valence-corrected chi connectivity index (χ3v) is 13.8. The fourth-order valence-corrected chi connectivity index (χ4v) is 9.14. The van der Waals surface area contributed by atoms with E-state index in [2.05, 4.69) is 69.4 Å². The second-order valence-corrected chi connectivity index (χ2v) is 21.0. The highest BCUT2D eigenvalue weighted by Gasteiger charge is 2.19. The number of ether oxygens (including phenoxy) is 3. The van der Waals surface area contributed by atoms with E-state index in [1.807, 2.05) is 0 Å². The molecule has 0 aromatic heterocycles. The van der Waals surface area contributed by atoms with Gasteiger partial charge < -0.3 is 14.2 Å². The summed E-state index contributed by atoms with van der Waals surface area (Å²) in [6, 6.07) is 0. The Hall–Kier alpha value is -2.63. The number of unbranched alkanes of at least 4 members (excludes halogenated alkanes) is 38. The smallest absolute Gasteiger partial charge is 0.306 e. The standard InChI is InChI=1S/C65H118O6/c1-4-7-10-13-16-19-22-25-28-31-34-37-40-43-46-49-52-55-58-64(67)70-61-62(60-69-63(66)57-54-51-48-45-42-39-36-33-30-27-24-21-18-15-12-9-6-3)71-65(68)59-56-53-50-47-44-41-38-35-32-29-26-23-20-17-14-11-8-5-2/h18,21,27,30,36,39,45,48,62H,4-17,19-20,22-26,28-29,31-35,37-38,40-44,46-47,49-61H2,1-3H3/b21-18-,30-27-,39-36-,48-45-. The summed E-state index contributed by atoms with van der Waals surface area (Å²) in [7, 11) is 0. The van der Waals surface area contributed by atoms with E-state index in [0.29, 0.717) is 19.3 Å². The number of rotatable bonds is 57.